The maximum absolute atomic E-state index is 6.18. The van der Waals surface area contributed by atoms with Gasteiger partial charge < -0.3 is 5.32 Å². The van der Waals surface area contributed by atoms with Crippen LogP contribution in [0.4, 0.5) is 5.69 Å². The molecule has 2 rings (SSSR count). The van der Waals surface area contributed by atoms with E-state index in [2.05, 4.69) is 59.4 Å². The smallest absolute Gasteiger partial charge is 0.0456 e. The fourth-order valence-electron chi connectivity index (χ4n) is 1.88. The lowest BCUT2D eigenvalue weighted by atomic mass is 10.0. The minimum absolute atomic E-state index is 0.538. The molecule has 0 fully saturated rings. The van der Waals surface area contributed by atoms with E-state index >= 15 is 0 Å². The molecule has 3 heteroatoms. The first-order valence-corrected chi connectivity index (χ1v) is 7.51. The van der Waals surface area contributed by atoms with Crippen LogP contribution in [0.15, 0.2) is 46.9 Å². The van der Waals surface area contributed by atoms with Crippen LogP contribution < -0.4 is 5.32 Å². The van der Waals surface area contributed by atoms with Crippen molar-refractivity contribution < 1.29 is 0 Å². The van der Waals surface area contributed by atoms with E-state index in [0.717, 1.165) is 27.3 Å². The number of hydrogen-bond donors (Lipinski definition) is 1. The zero-order valence-corrected chi connectivity index (χ0v) is 13.4. The highest BCUT2D eigenvalue weighted by molar-refractivity contribution is 9.10. The summed E-state index contributed by atoms with van der Waals surface area (Å²) in [5.41, 5.74) is 3.55. The second kappa shape index (κ2) is 6.44. The van der Waals surface area contributed by atoms with E-state index in [1.165, 1.54) is 5.56 Å². The van der Waals surface area contributed by atoms with Crippen LogP contribution >= 0.6 is 27.5 Å². The van der Waals surface area contributed by atoms with Gasteiger partial charge in [0.15, 0.2) is 0 Å². The molecule has 0 heterocycles. The number of rotatable bonds is 4. The Balaban J connectivity index is 2.10. The second-order valence-electron chi connectivity index (χ2n) is 4.87. The Labute approximate surface area is 128 Å². The molecule has 0 unspecified atom stereocenters. The Morgan fingerprint density at radius 1 is 1.16 bits per heavy atom. The summed E-state index contributed by atoms with van der Waals surface area (Å²) in [5, 5.41) is 4.21. The van der Waals surface area contributed by atoms with Crippen LogP contribution in [0.1, 0.15) is 30.9 Å². The Bertz CT molecular complexity index is 566. The third-order valence-electron chi connectivity index (χ3n) is 3.04. The van der Waals surface area contributed by atoms with Crippen molar-refractivity contribution >= 4 is 33.2 Å². The van der Waals surface area contributed by atoms with Crippen LogP contribution in [-0.2, 0) is 6.54 Å². The van der Waals surface area contributed by atoms with E-state index in [-0.39, 0.29) is 0 Å². The lowest BCUT2D eigenvalue weighted by molar-refractivity contribution is 0.866. The molecule has 0 aromatic heterocycles. The van der Waals surface area contributed by atoms with Crippen molar-refractivity contribution in [1.29, 1.82) is 0 Å². The zero-order chi connectivity index (χ0) is 13.8. The summed E-state index contributed by atoms with van der Waals surface area (Å²) in [5.74, 6) is 0.538. The number of halogens is 2. The molecule has 100 valence electrons. The van der Waals surface area contributed by atoms with Crippen molar-refractivity contribution in [3.63, 3.8) is 0 Å². The van der Waals surface area contributed by atoms with Crippen LogP contribution in [0.5, 0.6) is 0 Å². The molecule has 0 spiro atoms. The average molecular weight is 339 g/mol. The van der Waals surface area contributed by atoms with E-state index in [1.54, 1.807) is 0 Å². The minimum atomic E-state index is 0.538. The Kier molecular flexibility index (Phi) is 4.89. The summed E-state index contributed by atoms with van der Waals surface area (Å²) in [7, 11) is 0. The maximum atomic E-state index is 6.18. The van der Waals surface area contributed by atoms with Gasteiger partial charge in [0.05, 0.1) is 0 Å². The van der Waals surface area contributed by atoms with Gasteiger partial charge in [0.2, 0.25) is 0 Å². The molecule has 0 saturated heterocycles. The van der Waals surface area contributed by atoms with Crippen molar-refractivity contribution in [2.24, 2.45) is 0 Å². The van der Waals surface area contributed by atoms with Gasteiger partial charge in [-0.25, -0.2) is 0 Å². The predicted molar refractivity (Wildman–Crippen MR) is 87.0 cm³/mol. The minimum Gasteiger partial charge on any atom is -0.381 e. The fraction of sp³-hybridized carbons (Fsp3) is 0.250. The topological polar surface area (TPSA) is 12.0 Å². The van der Waals surface area contributed by atoms with Crippen LogP contribution in [-0.4, -0.2) is 0 Å². The molecule has 2 aromatic rings. The monoisotopic (exact) mass is 337 g/mol. The molecule has 0 saturated carbocycles. The summed E-state index contributed by atoms with van der Waals surface area (Å²) >= 11 is 9.65. The normalized spacial score (nSPS) is 10.8. The number of nitrogens with one attached hydrogen (secondary N) is 1. The highest BCUT2D eigenvalue weighted by atomic mass is 79.9. The summed E-state index contributed by atoms with van der Waals surface area (Å²) in [4.78, 5) is 0. The van der Waals surface area contributed by atoms with Crippen molar-refractivity contribution in [2.45, 2.75) is 26.3 Å². The molecular formula is C16H17BrClN. The van der Waals surface area contributed by atoms with Gasteiger partial charge >= 0.3 is 0 Å². The average Bonchev–Trinajstić information content (AvgIpc) is 2.40. The van der Waals surface area contributed by atoms with Gasteiger partial charge in [-0.1, -0.05) is 53.5 Å². The van der Waals surface area contributed by atoms with Crippen LogP contribution in [0.2, 0.25) is 5.02 Å². The molecule has 0 radical (unpaired) electrons. The Hall–Kier alpha value is -0.990. The number of benzene rings is 2. The first-order chi connectivity index (χ1) is 9.06. The molecule has 19 heavy (non-hydrogen) atoms. The van der Waals surface area contributed by atoms with E-state index in [4.69, 9.17) is 11.6 Å². The molecular weight excluding hydrogens is 322 g/mol. The summed E-state index contributed by atoms with van der Waals surface area (Å²) in [6.45, 7) is 5.12. The standard InChI is InChI=1S/C16H17BrClN/c1-11(2)12-4-3-5-15(9-12)19-10-13-8-14(17)6-7-16(13)18/h3-9,11,19H,10H2,1-2H3. The number of anilines is 1. The van der Waals surface area contributed by atoms with Gasteiger partial charge in [0.1, 0.15) is 0 Å². The van der Waals surface area contributed by atoms with E-state index < -0.39 is 0 Å². The molecule has 0 aliphatic carbocycles. The SMILES string of the molecule is CC(C)c1cccc(NCc2cc(Br)ccc2Cl)c1. The second-order valence-corrected chi connectivity index (χ2v) is 6.19. The summed E-state index contributed by atoms with van der Waals surface area (Å²) < 4.78 is 1.05. The third-order valence-corrected chi connectivity index (χ3v) is 3.91. The van der Waals surface area contributed by atoms with Gasteiger partial charge in [0.25, 0.3) is 0 Å². The molecule has 1 N–H and O–H groups in total. The Morgan fingerprint density at radius 3 is 2.68 bits per heavy atom. The van der Waals surface area contributed by atoms with Crippen molar-refractivity contribution in [1.82, 2.24) is 0 Å². The lowest BCUT2D eigenvalue weighted by Gasteiger charge is -2.11. The van der Waals surface area contributed by atoms with Gasteiger partial charge in [-0.05, 0) is 47.4 Å². The van der Waals surface area contributed by atoms with Gasteiger partial charge in [-0.3, -0.25) is 0 Å². The van der Waals surface area contributed by atoms with Crippen molar-refractivity contribution in [2.75, 3.05) is 5.32 Å². The van der Waals surface area contributed by atoms with E-state index in [9.17, 15) is 0 Å². The highest BCUT2D eigenvalue weighted by Crippen LogP contribution is 2.23. The molecule has 0 aliphatic heterocycles. The van der Waals surface area contributed by atoms with Crippen LogP contribution in [0.25, 0.3) is 0 Å². The molecule has 2 aromatic carbocycles. The van der Waals surface area contributed by atoms with Crippen LogP contribution in [0.3, 0.4) is 0 Å². The summed E-state index contributed by atoms with van der Waals surface area (Å²) in [6.07, 6.45) is 0. The first kappa shape index (κ1) is 14.4. The van der Waals surface area contributed by atoms with Crippen LogP contribution in [0, 0.1) is 0 Å². The third kappa shape index (κ3) is 3.99. The Morgan fingerprint density at radius 2 is 1.95 bits per heavy atom. The highest BCUT2D eigenvalue weighted by Gasteiger charge is 2.03. The van der Waals surface area contributed by atoms with Crippen molar-refractivity contribution in [3.8, 4) is 0 Å². The largest absolute Gasteiger partial charge is 0.381 e. The van der Waals surface area contributed by atoms with Crippen molar-refractivity contribution in [3.05, 3.63) is 63.1 Å². The van der Waals surface area contributed by atoms with Gasteiger partial charge in [-0.15, -0.1) is 0 Å². The molecule has 1 nitrogen and oxygen atoms in total. The fourth-order valence-corrected chi connectivity index (χ4v) is 2.48. The lowest BCUT2D eigenvalue weighted by Crippen LogP contribution is -2.01. The van der Waals surface area contributed by atoms with Gasteiger partial charge in [0, 0.05) is 21.7 Å². The first-order valence-electron chi connectivity index (χ1n) is 6.34. The number of hydrogen-bond acceptors (Lipinski definition) is 1. The molecule has 0 aliphatic rings. The van der Waals surface area contributed by atoms with E-state index in [1.807, 2.05) is 18.2 Å². The van der Waals surface area contributed by atoms with E-state index in [0.29, 0.717) is 5.92 Å². The quantitative estimate of drug-likeness (QED) is 0.738. The molecule has 0 amide bonds. The zero-order valence-electron chi connectivity index (χ0n) is 11.1. The molecule has 0 bridgehead atoms. The summed E-state index contributed by atoms with van der Waals surface area (Å²) in [6, 6.07) is 14.4. The maximum Gasteiger partial charge on any atom is 0.0456 e. The van der Waals surface area contributed by atoms with Gasteiger partial charge in [-0.2, -0.15) is 0 Å². The predicted octanol–water partition coefficient (Wildman–Crippen LogP) is 5.84. The molecule has 0 atom stereocenters.